The highest BCUT2D eigenvalue weighted by Gasteiger charge is 2.35. The van der Waals surface area contributed by atoms with E-state index >= 15 is 0 Å². The van der Waals surface area contributed by atoms with Crippen LogP contribution < -0.4 is 9.80 Å². The van der Waals surface area contributed by atoms with Gasteiger partial charge in [-0.3, -0.25) is 0 Å². The first-order chi connectivity index (χ1) is 22.7. The average Bonchev–Trinajstić information content (AvgIpc) is 3.31. The Morgan fingerprint density at radius 1 is 0.660 bits per heavy atom. The lowest BCUT2D eigenvalue weighted by molar-refractivity contribution is -1.03. The Labute approximate surface area is 287 Å². The van der Waals surface area contributed by atoms with Crippen LogP contribution in [-0.2, 0) is 17.6 Å². The van der Waals surface area contributed by atoms with Crippen LogP contribution in [-0.4, -0.2) is 39.3 Å². The number of rotatable bonds is 7. The van der Waals surface area contributed by atoms with Gasteiger partial charge in [-0.25, -0.2) is 8.78 Å². The number of piperazine rings is 1. The number of hydrogen-bond donors (Lipinski definition) is 2. The van der Waals surface area contributed by atoms with E-state index in [0.29, 0.717) is 24.5 Å². The number of ether oxygens (including phenoxy) is 1. The molecule has 47 heavy (non-hydrogen) atoms. The summed E-state index contributed by atoms with van der Waals surface area (Å²) in [6.45, 7) is 15.1. The van der Waals surface area contributed by atoms with Crippen molar-refractivity contribution in [1.29, 1.82) is 0 Å². The molecule has 2 atom stereocenters. The number of hydrogen-bond acceptors (Lipinski definition) is 3. The number of quaternary nitrogens is 2. The molecule has 4 aromatic carbocycles. The molecular formula is C40H46F2N2OS2+2. The minimum Gasteiger partial charge on any atom is -0.367 e. The lowest BCUT2D eigenvalue weighted by atomic mass is 9.93. The van der Waals surface area contributed by atoms with Gasteiger partial charge in [0.15, 0.2) is 0 Å². The van der Waals surface area contributed by atoms with Crippen LogP contribution in [0.4, 0.5) is 8.78 Å². The van der Waals surface area contributed by atoms with E-state index in [2.05, 4.69) is 64.1 Å². The van der Waals surface area contributed by atoms with Crippen LogP contribution in [0.1, 0.15) is 85.1 Å². The van der Waals surface area contributed by atoms with Crippen molar-refractivity contribution in [3.05, 3.63) is 118 Å². The van der Waals surface area contributed by atoms with Crippen molar-refractivity contribution < 1.29 is 23.3 Å². The van der Waals surface area contributed by atoms with Gasteiger partial charge in [-0.2, -0.15) is 0 Å². The van der Waals surface area contributed by atoms with Gasteiger partial charge in [-0.1, -0.05) is 81.6 Å². The van der Waals surface area contributed by atoms with Crippen molar-refractivity contribution in [2.45, 2.75) is 84.1 Å². The van der Waals surface area contributed by atoms with Gasteiger partial charge in [0.1, 0.15) is 50.4 Å². The standard InChI is InChI=1S/C40H44F2N2OS2/c1-25(2)27-7-11-37-33(19-27)35(21-29-5-9-31(41)23-39(29)46-37)44-15-13-43(14-16-44)17-18-45-36-22-30-6-10-32(42)24-40(30)47-38-12-8-28(26(3)4)20-34(36)38/h5-12,19-20,23-26,35-36H,13-18,21-22H2,1-4H3/p+2/t35-,36-/m0/s1. The van der Waals surface area contributed by atoms with E-state index in [1.165, 1.54) is 37.6 Å². The molecule has 0 aromatic heterocycles. The maximum atomic E-state index is 14.3. The van der Waals surface area contributed by atoms with E-state index in [4.69, 9.17) is 4.74 Å². The number of halogens is 2. The summed E-state index contributed by atoms with van der Waals surface area (Å²) in [5, 5.41) is 0. The molecule has 246 valence electrons. The van der Waals surface area contributed by atoms with E-state index < -0.39 is 0 Å². The lowest BCUT2D eigenvalue weighted by Crippen LogP contribution is -3.28. The van der Waals surface area contributed by atoms with Crippen LogP contribution in [0.3, 0.4) is 0 Å². The maximum Gasteiger partial charge on any atom is 0.128 e. The largest absolute Gasteiger partial charge is 0.367 e. The van der Waals surface area contributed by atoms with E-state index in [9.17, 15) is 8.78 Å². The highest BCUT2D eigenvalue weighted by Crippen LogP contribution is 2.44. The fourth-order valence-corrected chi connectivity index (χ4v) is 9.69. The summed E-state index contributed by atoms with van der Waals surface area (Å²) in [5.41, 5.74) is 7.75. The van der Waals surface area contributed by atoms with Crippen LogP contribution in [0.15, 0.2) is 92.4 Å². The third-order valence-electron chi connectivity index (χ3n) is 10.3. The Balaban J connectivity index is 1.04. The Bertz CT molecular complexity index is 1750. The molecule has 7 heteroatoms. The fraction of sp³-hybridized carbons (Fsp3) is 0.400. The van der Waals surface area contributed by atoms with Gasteiger partial charge < -0.3 is 14.5 Å². The van der Waals surface area contributed by atoms with Crippen molar-refractivity contribution >= 4 is 23.5 Å². The second kappa shape index (κ2) is 14.0. The van der Waals surface area contributed by atoms with Gasteiger partial charge in [0, 0.05) is 38.0 Å². The van der Waals surface area contributed by atoms with Crippen LogP contribution in [0.25, 0.3) is 0 Å². The second-order valence-corrected chi connectivity index (χ2v) is 16.3. The zero-order valence-electron chi connectivity index (χ0n) is 27.9. The molecule has 0 aliphatic carbocycles. The smallest absolute Gasteiger partial charge is 0.128 e. The molecule has 0 unspecified atom stereocenters. The zero-order valence-corrected chi connectivity index (χ0v) is 29.5. The highest BCUT2D eigenvalue weighted by atomic mass is 32.2. The maximum absolute atomic E-state index is 14.3. The minimum absolute atomic E-state index is 0.0470. The lowest BCUT2D eigenvalue weighted by Gasteiger charge is -2.35. The van der Waals surface area contributed by atoms with Gasteiger partial charge in [-0.15, -0.1) is 0 Å². The minimum atomic E-state index is -0.189. The molecule has 0 saturated carbocycles. The first-order valence-electron chi connectivity index (χ1n) is 17.2. The summed E-state index contributed by atoms with van der Waals surface area (Å²) in [6.07, 6.45) is 1.65. The van der Waals surface area contributed by atoms with E-state index in [1.54, 1.807) is 57.6 Å². The Morgan fingerprint density at radius 3 is 1.81 bits per heavy atom. The number of fused-ring (bicyclic) bond motifs is 4. The second-order valence-electron chi connectivity index (χ2n) is 14.1. The van der Waals surface area contributed by atoms with Crippen LogP contribution >= 0.6 is 23.5 Å². The predicted octanol–water partition coefficient (Wildman–Crippen LogP) is 7.21. The number of benzene rings is 4. The molecule has 3 aliphatic heterocycles. The third-order valence-corrected chi connectivity index (χ3v) is 12.7. The summed E-state index contributed by atoms with van der Waals surface area (Å²) in [6, 6.07) is 24.5. The molecule has 7 rings (SSSR count). The van der Waals surface area contributed by atoms with Crippen molar-refractivity contribution in [3.8, 4) is 0 Å². The molecule has 3 aliphatic rings. The highest BCUT2D eigenvalue weighted by molar-refractivity contribution is 7.99. The monoisotopic (exact) mass is 672 g/mol. The molecule has 0 bridgehead atoms. The van der Waals surface area contributed by atoms with E-state index in [-0.39, 0.29) is 17.7 Å². The van der Waals surface area contributed by atoms with Crippen molar-refractivity contribution in [2.75, 3.05) is 39.3 Å². The van der Waals surface area contributed by atoms with Crippen LogP contribution in [0, 0.1) is 11.6 Å². The molecule has 0 spiro atoms. The number of nitrogens with one attached hydrogen (secondary N) is 2. The Morgan fingerprint density at radius 2 is 1.21 bits per heavy atom. The quantitative estimate of drug-likeness (QED) is 0.216. The van der Waals surface area contributed by atoms with Gasteiger partial charge in [0.05, 0.1) is 12.7 Å². The first-order valence-corrected chi connectivity index (χ1v) is 18.8. The van der Waals surface area contributed by atoms with Crippen molar-refractivity contribution in [2.24, 2.45) is 0 Å². The topological polar surface area (TPSA) is 18.1 Å². The van der Waals surface area contributed by atoms with E-state index in [0.717, 1.165) is 60.9 Å². The molecule has 1 saturated heterocycles. The van der Waals surface area contributed by atoms with Gasteiger partial charge in [0.25, 0.3) is 0 Å². The normalized spacial score (nSPS) is 22.2. The molecule has 0 radical (unpaired) electrons. The molecule has 4 aromatic rings. The Hall–Kier alpha value is -2.68. The third kappa shape index (κ3) is 7.20. The first kappa shape index (κ1) is 32.8. The van der Waals surface area contributed by atoms with Crippen molar-refractivity contribution in [1.82, 2.24) is 0 Å². The summed E-state index contributed by atoms with van der Waals surface area (Å²) >= 11 is 3.40. The van der Waals surface area contributed by atoms with Crippen LogP contribution in [0.5, 0.6) is 0 Å². The van der Waals surface area contributed by atoms with Crippen LogP contribution in [0.2, 0.25) is 0 Å². The summed E-state index contributed by atoms with van der Waals surface area (Å²) in [7, 11) is 0. The predicted molar refractivity (Wildman–Crippen MR) is 187 cm³/mol. The Kier molecular flexibility index (Phi) is 9.82. The molecule has 0 amide bonds. The summed E-state index contributed by atoms with van der Waals surface area (Å²) < 4.78 is 35.2. The summed E-state index contributed by atoms with van der Waals surface area (Å²) in [5.74, 6) is 0.552. The molecular weight excluding hydrogens is 627 g/mol. The molecule has 2 N–H and O–H groups in total. The molecule has 3 heterocycles. The SMILES string of the molecule is CC(C)c1ccc2c(c1)[C@@H](OCC[NH+]1CC[NH+]([C@H]3Cc4ccc(F)cc4Sc4ccc(C(C)C)cc43)CC1)Cc1ccc(F)cc1S2. The fourth-order valence-electron chi connectivity index (χ4n) is 7.40. The molecule has 1 fully saturated rings. The van der Waals surface area contributed by atoms with Gasteiger partial charge in [-0.05, 0) is 82.1 Å². The average molecular weight is 673 g/mol. The molecule has 3 nitrogen and oxygen atoms in total. The van der Waals surface area contributed by atoms with Crippen molar-refractivity contribution in [3.63, 3.8) is 0 Å². The van der Waals surface area contributed by atoms with Gasteiger partial charge >= 0.3 is 0 Å². The zero-order chi connectivity index (χ0) is 32.7. The van der Waals surface area contributed by atoms with E-state index in [1.807, 2.05) is 12.1 Å². The van der Waals surface area contributed by atoms with Gasteiger partial charge in [0.2, 0.25) is 0 Å². The summed E-state index contributed by atoms with van der Waals surface area (Å²) in [4.78, 5) is 7.71.